The summed E-state index contributed by atoms with van der Waals surface area (Å²) in [7, 11) is -2.16. The fourth-order valence-corrected chi connectivity index (χ4v) is 4.46. The smallest absolute Gasteiger partial charge is 0.241 e. The molecule has 2 aromatic rings. The molecule has 1 atom stereocenters. The van der Waals surface area contributed by atoms with Gasteiger partial charge in [0.15, 0.2) is 11.5 Å². The zero-order chi connectivity index (χ0) is 18.0. The van der Waals surface area contributed by atoms with Crippen molar-refractivity contribution in [2.45, 2.75) is 17.9 Å². The lowest BCUT2D eigenvalue weighted by molar-refractivity contribution is 0.171. The van der Waals surface area contributed by atoms with Crippen molar-refractivity contribution < 1.29 is 22.6 Å². The Balaban J connectivity index is 1.81. The summed E-state index contributed by atoms with van der Waals surface area (Å²) in [5, 5.41) is 0. The molecule has 0 amide bonds. The third-order valence-electron chi connectivity index (χ3n) is 3.83. The second kappa shape index (κ2) is 7.23. The lowest BCUT2D eigenvalue weighted by atomic mass is 10.1. The van der Waals surface area contributed by atoms with E-state index >= 15 is 0 Å². The van der Waals surface area contributed by atoms with E-state index in [0.717, 1.165) is 5.56 Å². The maximum absolute atomic E-state index is 12.6. The summed E-state index contributed by atoms with van der Waals surface area (Å²) in [4.78, 5) is 0.157. The molecule has 0 bridgehead atoms. The number of benzene rings is 2. The van der Waals surface area contributed by atoms with Crippen molar-refractivity contribution >= 4 is 26.0 Å². The summed E-state index contributed by atoms with van der Waals surface area (Å²) in [6, 6.07) is 9.60. The Morgan fingerprint density at radius 2 is 1.84 bits per heavy atom. The highest BCUT2D eigenvalue weighted by Gasteiger charge is 2.21. The van der Waals surface area contributed by atoms with Gasteiger partial charge in [0.05, 0.1) is 16.5 Å². The van der Waals surface area contributed by atoms with Crippen LogP contribution in [0.15, 0.2) is 45.8 Å². The van der Waals surface area contributed by atoms with Gasteiger partial charge in [-0.2, -0.15) is 0 Å². The van der Waals surface area contributed by atoms with Gasteiger partial charge >= 0.3 is 0 Å². The van der Waals surface area contributed by atoms with Crippen LogP contribution in [0.5, 0.6) is 17.2 Å². The third kappa shape index (κ3) is 3.91. The van der Waals surface area contributed by atoms with Crippen molar-refractivity contribution in [3.8, 4) is 17.2 Å². The Morgan fingerprint density at radius 3 is 2.52 bits per heavy atom. The monoisotopic (exact) mass is 427 g/mol. The normalized spacial score (nSPS) is 14.8. The van der Waals surface area contributed by atoms with E-state index in [9.17, 15) is 8.42 Å². The molecule has 1 N–H and O–H groups in total. The number of sulfonamides is 1. The number of hydrogen-bond donors (Lipinski definition) is 1. The number of halogens is 1. The van der Waals surface area contributed by atoms with Gasteiger partial charge in [-0.3, -0.25) is 0 Å². The van der Waals surface area contributed by atoms with Gasteiger partial charge < -0.3 is 14.2 Å². The Morgan fingerprint density at radius 1 is 1.12 bits per heavy atom. The molecule has 25 heavy (non-hydrogen) atoms. The Bertz CT molecular complexity index is 885. The molecule has 0 fully saturated rings. The van der Waals surface area contributed by atoms with E-state index in [1.807, 2.05) is 6.07 Å². The molecule has 0 saturated heterocycles. The minimum atomic E-state index is -3.68. The average molecular weight is 428 g/mol. The van der Waals surface area contributed by atoms with Crippen LogP contribution < -0.4 is 18.9 Å². The highest BCUT2D eigenvalue weighted by molar-refractivity contribution is 9.10. The highest BCUT2D eigenvalue weighted by atomic mass is 79.9. The van der Waals surface area contributed by atoms with Crippen LogP contribution in [-0.2, 0) is 10.0 Å². The van der Waals surface area contributed by atoms with Gasteiger partial charge in [0.2, 0.25) is 10.0 Å². The lowest BCUT2D eigenvalue weighted by Crippen LogP contribution is -2.27. The van der Waals surface area contributed by atoms with Gasteiger partial charge in [0.25, 0.3) is 0 Å². The fraction of sp³-hybridized carbons (Fsp3) is 0.294. The van der Waals surface area contributed by atoms with Crippen LogP contribution in [-0.4, -0.2) is 28.7 Å². The molecule has 1 unspecified atom stereocenters. The molecule has 2 aromatic carbocycles. The van der Waals surface area contributed by atoms with E-state index in [2.05, 4.69) is 20.7 Å². The van der Waals surface area contributed by atoms with Crippen LogP contribution in [0.1, 0.15) is 18.5 Å². The first-order chi connectivity index (χ1) is 11.9. The van der Waals surface area contributed by atoms with Crippen LogP contribution >= 0.6 is 15.9 Å². The molecule has 0 radical (unpaired) electrons. The Hall–Kier alpha value is -1.77. The predicted molar refractivity (Wildman–Crippen MR) is 96.9 cm³/mol. The number of fused-ring (bicyclic) bond motifs is 1. The maximum Gasteiger partial charge on any atom is 0.241 e. The van der Waals surface area contributed by atoms with Crippen molar-refractivity contribution in [2.24, 2.45) is 0 Å². The minimum Gasteiger partial charge on any atom is -0.496 e. The number of nitrogens with one attached hydrogen (secondary N) is 1. The Kier molecular flexibility index (Phi) is 5.21. The fourth-order valence-electron chi connectivity index (χ4n) is 2.51. The predicted octanol–water partition coefficient (Wildman–Crippen LogP) is 3.27. The van der Waals surface area contributed by atoms with Gasteiger partial charge in [0, 0.05) is 6.04 Å². The van der Waals surface area contributed by atoms with Crippen molar-refractivity contribution in [3.63, 3.8) is 0 Å². The van der Waals surface area contributed by atoms with E-state index in [-0.39, 0.29) is 4.90 Å². The van der Waals surface area contributed by atoms with Crippen LogP contribution in [0.25, 0.3) is 0 Å². The van der Waals surface area contributed by atoms with Crippen molar-refractivity contribution in [3.05, 3.63) is 46.4 Å². The SMILES string of the molecule is COc1ccc(S(=O)(=O)NC(C)c2ccc3c(c2)OCCO3)cc1Br. The molecule has 0 aromatic heterocycles. The minimum absolute atomic E-state index is 0.157. The lowest BCUT2D eigenvalue weighted by Gasteiger charge is -2.21. The van der Waals surface area contributed by atoms with Crippen LogP contribution in [0.3, 0.4) is 0 Å². The zero-order valence-corrected chi connectivity index (χ0v) is 16.2. The molecule has 0 saturated carbocycles. The van der Waals surface area contributed by atoms with Gasteiger partial charge in [-0.1, -0.05) is 6.07 Å². The number of methoxy groups -OCH3 is 1. The highest BCUT2D eigenvalue weighted by Crippen LogP contribution is 2.33. The summed E-state index contributed by atoms with van der Waals surface area (Å²) in [5.74, 6) is 1.87. The van der Waals surface area contributed by atoms with Crippen LogP contribution in [0, 0.1) is 0 Å². The maximum atomic E-state index is 12.6. The van der Waals surface area contributed by atoms with Crippen molar-refractivity contribution in [1.29, 1.82) is 0 Å². The molecule has 1 aliphatic heterocycles. The summed E-state index contributed by atoms with van der Waals surface area (Å²) in [6.07, 6.45) is 0. The molecule has 0 aliphatic carbocycles. The van der Waals surface area contributed by atoms with E-state index < -0.39 is 16.1 Å². The molecule has 3 rings (SSSR count). The van der Waals surface area contributed by atoms with E-state index in [1.165, 1.54) is 19.2 Å². The summed E-state index contributed by atoms with van der Waals surface area (Å²) >= 11 is 3.30. The molecular weight excluding hydrogens is 410 g/mol. The topological polar surface area (TPSA) is 73.9 Å². The van der Waals surface area contributed by atoms with Crippen LogP contribution in [0.4, 0.5) is 0 Å². The Labute approximate surface area is 155 Å². The van der Waals surface area contributed by atoms with E-state index in [1.54, 1.807) is 25.1 Å². The van der Waals surface area contributed by atoms with Crippen molar-refractivity contribution in [1.82, 2.24) is 4.72 Å². The van der Waals surface area contributed by atoms with Crippen molar-refractivity contribution in [2.75, 3.05) is 20.3 Å². The second-order valence-electron chi connectivity index (χ2n) is 5.54. The van der Waals surface area contributed by atoms with E-state index in [0.29, 0.717) is 34.9 Å². The quantitative estimate of drug-likeness (QED) is 0.792. The number of rotatable bonds is 5. The van der Waals surface area contributed by atoms with Gasteiger partial charge in [-0.05, 0) is 58.7 Å². The molecule has 134 valence electrons. The van der Waals surface area contributed by atoms with Gasteiger partial charge in [-0.15, -0.1) is 0 Å². The third-order valence-corrected chi connectivity index (χ3v) is 5.99. The summed E-state index contributed by atoms with van der Waals surface area (Å²) < 4.78 is 44.7. The second-order valence-corrected chi connectivity index (χ2v) is 8.11. The molecule has 8 heteroatoms. The molecule has 6 nitrogen and oxygen atoms in total. The first-order valence-corrected chi connectivity index (χ1v) is 9.94. The van der Waals surface area contributed by atoms with Gasteiger partial charge in [0.1, 0.15) is 19.0 Å². The molecular formula is C17H18BrNO5S. The largest absolute Gasteiger partial charge is 0.496 e. The number of ether oxygens (including phenoxy) is 3. The first kappa shape index (κ1) is 18.0. The zero-order valence-electron chi connectivity index (χ0n) is 13.8. The first-order valence-electron chi connectivity index (χ1n) is 7.66. The number of hydrogen-bond acceptors (Lipinski definition) is 5. The summed E-state index contributed by atoms with van der Waals surface area (Å²) in [6.45, 7) is 2.78. The average Bonchev–Trinajstić information content (AvgIpc) is 2.60. The molecule has 1 heterocycles. The van der Waals surface area contributed by atoms with Crippen LogP contribution in [0.2, 0.25) is 0 Å². The standard InChI is InChI=1S/C17H18BrNO5S/c1-11(12-3-5-16-17(9-12)24-8-7-23-16)19-25(20,21)13-4-6-15(22-2)14(18)10-13/h3-6,9-11,19H,7-8H2,1-2H3. The van der Waals surface area contributed by atoms with Gasteiger partial charge in [-0.25, -0.2) is 13.1 Å². The van der Waals surface area contributed by atoms with E-state index in [4.69, 9.17) is 14.2 Å². The summed E-state index contributed by atoms with van der Waals surface area (Å²) in [5.41, 5.74) is 0.792. The molecule has 1 aliphatic rings. The molecule has 0 spiro atoms.